The summed E-state index contributed by atoms with van der Waals surface area (Å²) in [5.74, 6) is 0. The van der Waals surface area contributed by atoms with Gasteiger partial charge < -0.3 is 0 Å². The third kappa shape index (κ3) is 1020. The van der Waals surface area contributed by atoms with Crippen molar-refractivity contribution in [1.82, 2.24) is 0 Å². The molecule has 0 aliphatic rings. The fraction of sp³-hybridized carbons (Fsp3) is 0. The molecule has 0 heterocycles. The van der Waals surface area contributed by atoms with Gasteiger partial charge in [0.05, 0.1) is 0 Å². The van der Waals surface area contributed by atoms with E-state index in [0.29, 0.717) is 0 Å². The van der Waals surface area contributed by atoms with Crippen LogP contribution in [0, 0.1) is 0 Å². The van der Waals surface area contributed by atoms with Gasteiger partial charge in [-0.25, -0.2) is 0 Å². The Balaban J connectivity index is -0.0000000400. The summed E-state index contributed by atoms with van der Waals surface area (Å²) in [6.45, 7) is 0. The molecule has 4 N–H and O–H groups in total. The number of rotatable bonds is 0. The van der Waals surface area contributed by atoms with Gasteiger partial charge >= 0.3 is 148 Å². The van der Waals surface area contributed by atoms with Crippen LogP contribution in [0.1, 0.15) is 0 Å². The summed E-state index contributed by atoms with van der Waals surface area (Å²) in [5.41, 5.74) is 0. The molecule has 0 spiro atoms. The Morgan fingerprint density at radius 2 is 0.588 bits per heavy atom. The Bertz CT molecular complexity index is 341. The molecule has 12 nitrogen and oxygen atoms in total. The fourth-order valence-electron chi connectivity index (χ4n) is 0. The zero-order valence-electron chi connectivity index (χ0n) is 8.28. The standard InChI is InChI=1S/3Cr.2Na.4H2O.8O/h;;;;;4*1H2;;;;;;;;/q;2*+2;2*+1;;;;;;;;;;;2*-1/p-4. The molecular formula is H4Cr3Na2O12. The van der Waals surface area contributed by atoms with Crippen molar-refractivity contribution >= 4 is 0 Å². The summed E-state index contributed by atoms with van der Waals surface area (Å²) >= 11 is -16.2. The van der Waals surface area contributed by atoms with Gasteiger partial charge in [-0.1, -0.05) is 0 Å². The molecule has 0 aliphatic heterocycles. The van der Waals surface area contributed by atoms with Crippen LogP contribution in [0.5, 0.6) is 0 Å². The first kappa shape index (κ1) is 31.5. The predicted molar refractivity (Wildman–Crippen MR) is 13.0 cm³/mol. The maximum atomic E-state index is 8.82. The van der Waals surface area contributed by atoms with Crippen LogP contribution in [0.25, 0.3) is 0 Å². The Hall–Kier alpha value is 2.16. The van der Waals surface area contributed by atoms with Gasteiger partial charge in [0.25, 0.3) is 0 Å². The van der Waals surface area contributed by atoms with Gasteiger partial charge in [-0.05, 0) is 0 Å². The molecule has 0 radical (unpaired) electrons. The topological polar surface area (TPSA) is 229 Å². The third-order valence-electron chi connectivity index (χ3n) is 0. The first-order valence-corrected chi connectivity index (χ1v) is 8.51. The van der Waals surface area contributed by atoms with Gasteiger partial charge in [0.15, 0.2) is 0 Å². The molecule has 17 heavy (non-hydrogen) atoms. The second-order valence-corrected chi connectivity index (χ2v) is 5.38. The van der Waals surface area contributed by atoms with Crippen LogP contribution in [0.2, 0.25) is 0 Å². The van der Waals surface area contributed by atoms with E-state index in [1.54, 1.807) is 0 Å². The second kappa shape index (κ2) is 13.2. The van der Waals surface area contributed by atoms with Crippen molar-refractivity contribution in [3.05, 3.63) is 0 Å². The van der Waals surface area contributed by atoms with Crippen molar-refractivity contribution in [2.24, 2.45) is 0 Å². The number of hydrogen-bond donors (Lipinski definition) is 4. The Morgan fingerprint density at radius 3 is 0.588 bits per heavy atom. The Labute approximate surface area is 145 Å². The molecule has 0 bridgehead atoms. The first-order valence-electron chi connectivity index (χ1n) is 2.06. The van der Waals surface area contributed by atoms with E-state index in [9.17, 15) is 0 Å². The molecule has 0 aromatic heterocycles. The summed E-state index contributed by atoms with van der Waals surface area (Å²) < 4.78 is 98.1. The molecule has 96 valence electrons. The molecule has 0 saturated heterocycles. The molecule has 0 unspecified atom stereocenters. The van der Waals surface area contributed by atoms with E-state index in [0.717, 1.165) is 0 Å². The van der Waals surface area contributed by atoms with E-state index in [1.165, 1.54) is 0 Å². The van der Waals surface area contributed by atoms with Crippen LogP contribution in [0.15, 0.2) is 0 Å². The minimum absolute atomic E-state index is 0. The van der Waals surface area contributed by atoms with Crippen LogP contribution >= 0.6 is 0 Å². The summed E-state index contributed by atoms with van der Waals surface area (Å²) in [7, 11) is 0. The van der Waals surface area contributed by atoms with E-state index in [2.05, 4.69) is 0 Å². The van der Waals surface area contributed by atoms with Crippen LogP contribution < -0.4 is 67.4 Å². The molecule has 0 aromatic rings. The van der Waals surface area contributed by atoms with Gasteiger partial charge in [0.1, 0.15) is 0 Å². The average Bonchev–Trinajstić information content (AvgIpc) is 1.41. The molecule has 0 fully saturated rings. The van der Waals surface area contributed by atoms with Gasteiger partial charge in [0.2, 0.25) is 0 Å². The predicted octanol–water partition coefficient (Wildman–Crippen LogP) is -11.3. The summed E-state index contributed by atoms with van der Waals surface area (Å²) in [4.78, 5) is 0. The Morgan fingerprint density at radius 1 is 0.588 bits per heavy atom. The van der Waals surface area contributed by atoms with E-state index in [1.807, 2.05) is 0 Å². The summed E-state index contributed by atoms with van der Waals surface area (Å²) in [6, 6.07) is 0. The zero-order valence-corrected chi connectivity index (χ0v) is 16.1. The van der Waals surface area contributed by atoms with Gasteiger partial charge in [0, 0.05) is 0 Å². The number of hydrogen-bond acceptors (Lipinski definition) is 8. The van der Waals surface area contributed by atoms with Crippen molar-refractivity contribution in [3.8, 4) is 0 Å². The van der Waals surface area contributed by atoms with Gasteiger partial charge in [-0.2, -0.15) is 0 Å². The van der Waals surface area contributed by atoms with Crippen molar-refractivity contribution < 1.29 is 148 Å². The fourth-order valence-corrected chi connectivity index (χ4v) is 0. The quantitative estimate of drug-likeness (QED) is 0.279. The molecule has 0 rings (SSSR count). The van der Waals surface area contributed by atoms with Gasteiger partial charge in [-0.15, -0.1) is 0 Å². The molecule has 0 saturated carbocycles. The van der Waals surface area contributed by atoms with E-state index < -0.39 is 40.8 Å². The first-order chi connectivity index (χ1) is 6.00. The van der Waals surface area contributed by atoms with Crippen LogP contribution in [0.3, 0.4) is 0 Å². The molecular weight excluding hydrogens is 394 g/mol. The van der Waals surface area contributed by atoms with Gasteiger partial charge in [-0.3, -0.25) is 0 Å². The van der Waals surface area contributed by atoms with Crippen molar-refractivity contribution in [3.63, 3.8) is 0 Å². The molecule has 0 amide bonds. The normalized spacial score (nSPS) is 10.2. The SMILES string of the molecule is [Na+].[Na+].[O]=[Cr](=[O])([O-])[O-].[O]=[Cr](=[O])([OH])[OH].[O]=[Cr](=[O])([OH])[OH]. The van der Waals surface area contributed by atoms with Crippen molar-refractivity contribution in [1.29, 1.82) is 0 Å². The zero-order chi connectivity index (χ0) is 13.5. The third-order valence-corrected chi connectivity index (χ3v) is 0. The average molecular weight is 398 g/mol. The molecule has 0 aromatic carbocycles. The molecule has 0 aliphatic carbocycles. The van der Waals surface area contributed by atoms with E-state index >= 15 is 0 Å². The molecule has 0 atom stereocenters. The second-order valence-electron chi connectivity index (χ2n) is 1.30. The molecule has 17 heteroatoms. The van der Waals surface area contributed by atoms with Crippen LogP contribution in [-0.2, 0) is 63.7 Å². The summed E-state index contributed by atoms with van der Waals surface area (Å²) in [5, 5.41) is 0. The Kier molecular flexibility index (Phi) is 24.4. The van der Waals surface area contributed by atoms with Crippen molar-refractivity contribution in [2.75, 3.05) is 0 Å². The van der Waals surface area contributed by atoms with Crippen LogP contribution in [0.4, 0.5) is 0 Å². The summed E-state index contributed by atoms with van der Waals surface area (Å²) in [6.07, 6.45) is 0. The maximum absolute atomic E-state index is 8.82. The minimum atomic E-state index is -5.75. The van der Waals surface area contributed by atoms with Crippen molar-refractivity contribution in [2.45, 2.75) is 0 Å². The van der Waals surface area contributed by atoms with E-state index in [4.69, 9.17) is 47.8 Å². The van der Waals surface area contributed by atoms with Crippen LogP contribution in [-0.4, -0.2) is 16.6 Å². The monoisotopic (exact) mass is 398 g/mol. The van der Waals surface area contributed by atoms with E-state index in [-0.39, 0.29) is 59.1 Å².